The largest absolute Gasteiger partial charge is 0.502 e. The summed E-state index contributed by atoms with van der Waals surface area (Å²) in [6.07, 6.45) is 1.10. The van der Waals surface area contributed by atoms with Crippen molar-refractivity contribution in [1.82, 2.24) is 4.90 Å². The maximum absolute atomic E-state index is 11.4. The van der Waals surface area contributed by atoms with E-state index in [1.54, 1.807) is 7.11 Å². The molecule has 0 unspecified atom stereocenters. The fourth-order valence-corrected chi connectivity index (χ4v) is 2.70. The minimum absolute atomic E-state index is 0.349. The van der Waals surface area contributed by atoms with Gasteiger partial charge in [-0.3, -0.25) is 9.69 Å². The maximum Gasteiger partial charge on any atom is 0.226 e. The molecule has 0 amide bonds. The average molecular weight is 316 g/mol. The third kappa shape index (κ3) is 3.65. The maximum atomic E-state index is 11.4. The molecule has 122 valence electrons. The van der Waals surface area contributed by atoms with Gasteiger partial charge >= 0.3 is 0 Å². The first kappa shape index (κ1) is 15.4. The van der Waals surface area contributed by atoms with E-state index in [9.17, 15) is 9.90 Å². The van der Waals surface area contributed by atoms with Crippen LogP contribution in [0.4, 0.5) is 5.69 Å². The van der Waals surface area contributed by atoms with Crippen molar-refractivity contribution in [3.05, 3.63) is 52.6 Å². The van der Waals surface area contributed by atoms with Gasteiger partial charge < -0.3 is 19.2 Å². The first-order valence-electron chi connectivity index (χ1n) is 7.58. The molecule has 1 aromatic carbocycles. The Morgan fingerprint density at radius 1 is 1.17 bits per heavy atom. The normalized spacial score (nSPS) is 15.6. The molecule has 0 spiro atoms. The van der Waals surface area contributed by atoms with E-state index in [1.807, 2.05) is 12.1 Å². The Hall–Kier alpha value is -2.47. The molecular weight excluding hydrogens is 296 g/mol. The third-order valence-electron chi connectivity index (χ3n) is 4.06. The molecule has 1 fully saturated rings. The second-order valence-corrected chi connectivity index (χ2v) is 5.56. The van der Waals surface area contributed by atoms with E-state index in [1.165, 1.54) is 11.8 Å². The van der Waals surface area contributed by atoms with E-state index >= 15 is 0 Å². The van der Waals surface area contributed by atoms with Crippen LogP contribution in [-0.4, -0.2) is 43.3 Å². The summed E-state index contributed by atoms with van der Waals surface area (Å²) in [5.41, 5.74) is 0.782. The monoisotopic (exact) mass is 316 g/mol. The highest BCUT2D eigenvalue weighted by Crippen LogP contribution is 2.21. The van der Waals surface area contributed by atoms with Crippen molar-refractivity contribution < 1.29 is 14.3 Å². The molecule has 1 aliphatic heterocycles. The number of rotatable bonds is 4. The Balaban J connectivity index is 1.57. The topological polar surface area (TPSA) is 66.2 Å². The smallest absolute Gasteiger partial charge is 0.226 e. The standard InChI is InChI=1S/C17H20N2O4/c1-22-14-4-2-13(3-5-14)19-8-6-18(7-9-19)11-15-10-16(20)17(21)12-23-15/h2-5,10,12,21H,6-9,11H2,1H3. The van der Waals surface area contributed by atoms with Gasteiger partial charge in [-0.25, -0.2) is 0 Å². The number of methoxy groups -OCH3 is 1. The van der Waals surface area contributed by atoms with E-state index in [0.29, 0.717) is 12.3 Å². The van der Waals surface area contributed by atoms with Crippen LogP contribution < -0.4 is 15.1 Å². The molecule has 1 saturated heterocycles. The van der Waals surface area contributed by atoms with Crippen LogP contribution in [0.5, 0.6) is 11.5 Å². The van der Waals surface area contributed by atoms with Crippen molar-refractivity contribution in [2.75, 3.05) is 38.2 Å². The summed E-state index contributed by atoms with van der Waals surface area (Å²) in [5, 5.41) is 9.21. The van der Waals surface area contributed by atoms with Gasteiger partial charge in [-0.05, 0) is 24.3 Å². The lowest BCUT2D eigenvalue weighted by molar-refractivity contribution is 0.227. The lowest BCUT2D eigenvalue weighted by Crippen LogP contribution is -2.46. The summed E-state index contributed by atoms with van der Waals surface area (Å²) >= 11 is 0. The molecule has 1 aromatic heterocycles. The fourth-order valence-electron chi connectivity index (χ4n) is 2.70. The van der Waals surface area contributed by atoms with E-state index < -0.39 is 5.43 Å². The summed E-state index contributed by atoms with van der Waals surface area (Å²) in [5.74, 6) is 1.08. The summed E-state index contributed by atoms with van der Waals surface area (Å²) in [6, 6.07) is 9.41. The Bertz CT molecular complexity index is 703. The summed E-state index contributed by atoms with van der Waals surface area (Å²) in [7, 11) is 1.66. The van der Waals surface area contributed by atoms with Gasteiger partial charge in [-0.15, -0.1) is 0 Å². The molecule has 23 heavy (non-hydrogen) atoms. The highest BCUT2D eigenvalue weighted by molar-refractivity contribution is 5.49. The predicted octanol–water partition coefficient (Wildman–Crippen LogP) is 1.68. The molecule has 2 heterocycles. The van der Waals surface area contributed by atoms with Crippen LogP contribution in [0.25, 0.3) is 0 Å². The Kier molecular flexibility index (Phi) is 4.52. The minimum atomic E-state index is -0.400. The summed E-state index contributed by atoms with van der Waals surface area (Å²) in [6.45, 7) is 4.17. The van der Waals surface area contributed by atoms with Crippen LogP contribution in [0.1, 0.15) is 5.76 Å². The van der Waals surface area contributed by atoms with Crippen molar-refractivity contribution in [3.63, 3.8) is 0 Å². The van der Waals surface area contributed by atoms with Gasteiger partial charge in [0.05, 0.1) is 13.7 Å². The van der Waals surface area contributed by atoms with E-state index in [0.717, 1.165) is 38.2 Å². The van der Waals surface area contributed by atoms with Gasteiger partial charge in [0.15, 0.2) is 5.75 Å². The molecule has 6 nitrogen and oxygen atoms in total. The van der Waals surface area contributed by atoms with Gasteiger partial charge in [-0.1, -0.05) is 0 Å². The van der Waals surface area contributed by atoms with Gasteiger partial charge in [-0.2, -0.15) is 0 Å². The number of hydrogen-bond donors (Lipinski definition) is 1. The Morgan fingerprint density at radius 2 is 1.87 bits per heavy atom. The quantitative estimate of drug-likeness (QED) is 0.926. The van der Waals surface area contributed by atoms with Crippen molar-refractivity contribution in [1.29, 1.82) is 0 Å². The zero-order valence-electron chi connectivity index (χ0n) is 13.1. The average Bonchev–Trinajstić information content (AvgIpc) is 2.59. The van der Waals surface area contributed by atoms with Crippen LogP contribution in [0.2, 0.25) is 0 Å². The van der Waals surface area contributed by atoms with Crippen LogP contribution in [0.15, 0.2) is 45.8 Å². The summed E-state index contributed by atoms with van der Waals surface area (Å²) < 4.78 is 10.4. The number of benzene rings is 1. The predicted molar refractivity (Wildman–Crippen MR) is 87.1 cm³/mol. The van der Waals surface area contributed by atoms with Crippen LogP contribution in [0.3, 0.4) is 0 Å². The molecule has 1 aliphatic rings. The molecule has 0 saturated carbocycles. The molecule has 0 radical (unpaired) electrons. The molecular formula is C17H20N2O4. The van der Waals surface area contributed by atoms with E-state index in [-0.39, 0.29) is 5.75 Å². The molecule has 6 heteroatoms. The Labute approximate surface area is 134 Å². The second kappa shape index (κ2) is 6.75. The number of anilines is 1. The van der Waals surface area contributed by atoms with Gasteiger partial charge in [0.25, 0.3) is 0 Å². The Morgan fingerprint density at radius 3 is 2.48 bits per heavy atom. The molecule has 0 aliphatic carbocycles. The lowest BCUT2D eigenvalue weighted by atomic mass is 10.2. The van der Waals surface area contributed by atoms with Crippen molar-refractivity contribution in [3.8, 4) is 11.5 Å². The van der Waals surface area contributed by atoms with Crippen molar-refractivity contribution in [2.24, 2.45) is 0 Å². The highest BCUT2D eigenvalue weighted by Gasteiger charge is 2.18. The summed E-state index contributed by atoms with van der Waals surface area (Å²) in [4.78, 5) is 16.0. The lowest BCUT2D eigenvalue weighted by Gasteiger charge is -2.35. The second-order valence-electron chi connectivity index (χ2n) is 5.56. The fraction of sp³-hybridized carbons (Fsp3) is 0.353. The van der Waals surface area contributed by atoms with Crippen molar-refractivity contribution in [2.45, 2.75) is 6.54 Å². The molecule has 2 aromatic rings. The number of aromatic hydroxyl groups is 1. The minimum Gasteiger partial charge on any atom is -0.502 e. The number of hydrogen-bond acceptors (Lipinski definition) is 6. The molecule has 3 rings (SSSR count). The molecule has 0 atom stereocenters. The first-order chi connectivity index (χ1) is 11.2. The highest BCUT2D eigenvalue weighted by atomic mass is 16.5. The molecule has 1 N–H and O–H groups in total. The van der Waals surface area contributed by atoms with Crippen LogP contribution in [0, 0.1) is 0 Å². The third-order valence-corrected chi connectivity index (χ3v) is 4.06. The van der Waals surface area contributed by atoms with E-state index in [4.69, 9.17) is 9.15 Å². The zero-order valence-corrected chi connectivity index (χ0v) is 13.1. The van der Waals surface area contributed by atoms with Crippen LogP contribution >= 0.6 is 0 Å². The number of ether oxygens (including phenoxy) is 1. The van der Waals surface area contributed by atoms with E-state index in [2.05, 4.69) is 21.9 Å². The number of piperazine rings is 1. The molecule has 0 bridgehead atoms. The van der Waals surface area contributed by atoms with Crippen LogP contribution in [-0.2, 0) is 6.54 Å². The van der Waals surface area contributed by atoms with Gasteiger partial charge in [0.1, 0.15) is 17.8 Å². The van der Waals surface area contributed by atoms with Crippen molar-refractivity contribution >= 4 is 5.69 Å². The first-order valence-corrected chi connectivity index (χ1v) is 7.58. The van der Waals surface area contributed by atoms with Gasteiger partial charge in [0, 0.05) is 37.9 Å². The van der Waals surface area contributed by atoms with Gasteiger partial charge in [0.2, 0.25) is 5.43 Å². The number of nitrogens with zero attached hydrogens (tertiary/aromatic N) is 2. The zero-order chi connectivity index (χ0) is 16.2. The SMILES string of the molecule is COc1ccc(N2CCN(Cc3cc(=O)c(O)co3)CC2)cc1.